The summed E-state index contributed by atoms with van der Waals surface area (Å²) in [6.07, 6.45) is 10.4. The molecule has 2 aliphatic rings. The van der Waals surface area contributed by atoms with Crippen LogP contribution in [-0.4, -0.2) is 45.0 Å². The summed E-state index contributed by atoms with van der Waals surface area (Å²) in [5.41, 5.74) is 1.99. The highest BCUT2D eigenvalue weighted by atomic mass is 19.1. The lowest BCUT2D eigenvalue weighted by atomic mass is 9.83. The van der Waals surface area contributed by atoms with Gasteiger partial charge in [0.2, 0.25) is 5.91 Å². The minimum absolute atomic E-state index is 0.00723. The van der Waals surface area contributed by atoms with Gasteiger partial charge in [-0.05, 0) is 61.4 Å². The van der Waals surface area contributed by atoms with Crippen LogP contribution in [0.4, 0.5) is 14.6 Å². The van der Waals surface area contributed by atoms with Gasteiger partial charge < -0.3 is 9.80 Å². The second kappa shape index (κ2) is 8.81. The van der Waals surface area contributed by atoms with Crippen molar-refractivity contribution in [2.24, 2.45) is 5.41 Å². The number of carbonyl (C=O) groups excluding carboxylic acids is 1. The summed E-state index contributed by atoms with van der Waals surface area (Å²) in [7, 11) is 0. The summed E-state index contributed by atoms with van der Waals surface area (Å²) in [5, 5.41) is 4.35. The number of piperidine rings is 1. The van der Waals surface area contributed by atoms with Gasteiger partial charge in [-0.25, -0.2) is 18.3 Å². The van der Waals surface area contributed by atoms with Crippen LogP contribution in [0.15, 0.2) is 42.7 Å². The van der Waals surface area contributed by atoms with Crippen LogP contribution in [0.5, 0.6) is 0 Å². The van der Waals surface area contributed by atoms with Gasteiger partial charge in [0.05, 0.1) is 12.2 Å². The Kier molecular flexibility index (Phi) is 5.83. The molecule has 8 heteroatoms. The second-order valence-electron chi connectivity index (χ2n) is 9.99. The predicted octanol–water partition coefficient (Wildman–Crippen LogP) is 5.01. The third-order valence-corrected chi connectivity index (χ3v) is 7.08. The van der Waals surface area contributed by atoms with Crippen molar-refractivity contribution in [2.45, 2.75) is 45.6 Å². The van der Waals surface area contributed by atoms with E-state index in [0.717, 1.165) is 50.4 Å². The first-order valence-corrected chi connectivity index (χ1v) is 11.8. The van der Waals surface area contributed by atoms with Crippen LogP contribution < -0.4 is 4.90 Å². The third-order valence-electron chi connectivity index (χ3n) is 7.08. The molecule has 1 atom stereocenters. The van der Waals surface area contributed by atoms with E-state index in [-0.39, 0.29) is 17.4 Å². The number of hydrogen-bond donors (Lipinski definition) is 0. The lowest BCUT2D eigenvalue weighted by molar-refractivity contribution is -0.127. The molecule has 178 valence electrons. The highest BCUT2D eigenvalue weighted by Crippen LogP contribution is 2.37. The highest BCUT2D eigenvalue weighted by Gasteiger charge is 2.30. The van der Waals surface area contributed by atoms with Gasteiger partial charge in [-0.15, -0.1) is 0 Å². The maximum Gasteiger partial charge on any atom is 0.246 e. The number of anilines is 1. The Morgan fingerprint density at radius 1 is 1.15 bits per heavy atom. The van der Waals surface area contributed by atoms with Gasteiger partial charge in [-0.1, -0.05) is 13.8 Å². The molecule has 0 bridgehead atoms. The maximum atomic E-state index is 14.5. The predicted molar refractivity (Wildman–Crippen MR) is 127 cm³/mol. The Bertz CT molecular complexity index is 1240. The SMILES string of the molecule is CC1(C)CCN(C(=O)/C=C/c2cnn3ccc(N4CCC[C@@H]4c4cc(F)ccc4F)nc23)CC1. The number of fused-ring (bicyclic) bond motifs is 1. The fraction of sp³-hybridized carbons (Fsp3) is 0.423. The van der Waals surface area contributed by atoms with E-state index in [1.54, 1.807) is 29.1 Å². The molecule has 0 radical (unpaired) electrons. The summed E-state index contributed by atoms with van der Waals surface area (Å²) in [5.74, 6) is -0.186. The van der Waals surface area contributed by atoms with Crippen LogP contribution >= 0.6 is 0 Å². The zero-order valence-electron chi connectivity index (χ0n) is 19.5. The number of hydrogen-bond acceptors (Lipinski definition) is 4. The van der Waals surface area contributed by atoms with Crippen LogP contribution in [0, 0.1) is 17.0 Å². The molecule has 1 aromatic carbocycles. The number of nitrogens with zero attached hydrogens (tertiary/aromatic N) is 5. The van der Waals surface area contributed by atoms with Gasteiger partial charge in [-0.2, -0.15) is 5.10 Å². The normalized spacial score (nSPS) is 20.5. The fourth-order valence-electron chi connectivity index (χ4n) is 4.89. The number of likely N-dealkylation sites (tertiary alicyclic amines) is 1. The van der Waals surface area contributed by atoms with Gasteiger partial charge in [0.15, 0.2) is 5.65 Å². The van der Waals surface area contributed by atoms with E-state index in [2.05, 4.69) is 18.9 Å². The van der Waals surface area contributed by atoms with E-state index in [0.29, 0.717) is 23.6 Å². The van der Waals surface area contributed by atoms with Crippen LogP contribution in [0.1, 0.15) is 56.7 Å². The quantitative estimate of drug-likeness (QED) is 0.509. The molecular formula is C26H29F2N5O. The standard InChI is InChI=1S/C26H29F2N5O/c1-26(2)10-14-31(15-11-26)24(34)8-5-18-17-29-33-13-9-23(30-25(18)33)32-12-3-4-22(32)20-16-19(27)6-7-21(20)28/h5-9,13,16-17,22H,3-4,10-12,14-15H2,1-2H3/b8-5+/t22-/m1/s1. The van der Waals surface area contributed by atoms with Gasteiger partial charge in [0, 0.05) is 43.0 Å². The Morgan fingerprint density at radius 2 is 1.94 bits per heavy atom. The first-order valence-electron chi connectivity index (χ1n) is 11.8. The molecule has 1 amide bonds. The minimum Gasteiger partial charge on any atom is -0.349 e. The number of carbonyl (C=O) groups is 1. The van der Waals surface area contributed by atoms with E-state index in [1.807, 2.05) is 15.9 Å². The lowest BCUT2D eigenvalue weighted by Gasteiger charge is -2.36. The molecule has 2 aliphatic heterocycles. The molecule has 0 unspecified atom stereocenters. The summed E-state index contributed by atoms with van der Waals surface area (Å²) < 4.78 is 30.0. The van der Waals surface area contributed by atoms with Crippen molar-refractivity contribution >= 4 is 23.4 Å². The first kappa shape index (κ1) is 22.5. The minimum atomic E-state index is -0.447. The number of halogens is 2. The summed E-state index contributed by atoms with van der Waals surface area (Å²) in [4.78, 5) is 21.4. The zero-order chi connectivity index (χ0) is 23.9. The average Bonchev–Trinajstić information content (AvgIpc) is 3.46. The van der Waals surface area contributed by atoms with E-state index in [9.17, 15) is 13.6 Å². The van der Waals surface area contributed by atoms with Crippen molar-refractivity contribution in [1.29, 1.82) is 0 Å². The van der Waals surface area contributed by atoms with Gasteiger partial charge in [0.25, 0.3) is 0 Å². The Balaban J connectivity index is 1.38. The fourth-order valence-corrected chi connectivity index (χ4v) is 4.89. The summed E-state index contributed by atoms with van der Waals surface area (Å²) in [6.45, 7) is 6.70. The summed E-state index contributed by atoms with van der Waals surface area (Å²) in [6, 6.07) is 5.15. The van der Waals surface area contributed by atoms with Gasteiger partial charge >= 0.3 is 0 Å². The van der Waals surface area contributed by atoms with Crippen molar-refractivity contribution in [2.75, 3.05) is 24.5 Å². The van der Waals surface area contributed by atoms with Crippen molar-refractivity contribution in [3.05, 3.63) is 65.5 Å². The van der Waals surface area contributed by atoms with Crippen LogP contribution in [0.3, 0.4) is 0 Å². The van der Waals surface area contributed by atoms with Crippen molar-refractivity contribution in [1.82, 2.24) is 19.5 Å². The number of rotatable bonds is 4. The molecule has 5 rings (SSSR count). The van der Waals surface area contributed by atoms with Crippen molar-refractivity contribution in [3.8, 4) is 0 Å². The molecule has 0 saturated carbocycles. The van der Waals surface area contributed by atoms with E-state index < -0.39 is 11.6 Å². The molecule has 3 aromatic rings. The Labute approximate surface area is 197 Å². The van der Waals surface area contributed by atoms with Crippen molar-refractivity contribution in [3.63, 3.8) is 0 Å². The average molecular weight is 466 g/mol. The monoisotopic (exact) mass is 465 g/mol. The molecule has 4 heterocycles. The highest BCUT2D eigenvalue weighted by molar-refractivity contribution is 5.92. The van der Waals surface area contributed by atoms with E-state index >= 15 is 0 Å². The van der Waals surface area contributed by atoms with Crippen LogP contribution in [0.2, 0.25) is 0 Å². The number of amides is 1. The van der Waals surface area contributed by atoms with Crippen LogP contribution in [0.25, 0.3) is 11.7 Å². The first-order chi connectivity index (χ1) is 16.3. The molecule has 6 nitrogen and oxygen atoms in total. The summed E-state index contributed by atoms with van der Waals surface area (Å²) >= 11 is 0. The largest absolute Gasteiger partial charge is 0.349 e. The van der Waals surface area contributed by atoms with Gasteiger partial charge in [0.1, 0.15) is 17.5 Å². The van der Waals surface area contributed by atoms with Crippen LogP contribution in [-0.2, 0) is 4.79 Å². The van der Waals surface area contributed by atoms with Crippen molar-refractivity contribution < 1.29 is 13.6 Å². The van der Waals surface area contributed by atoms with Gasteiger partial charge in [-0.3, -0.25) is 4.79 Å². The zero-order valence-corrected chi connectivity index (χ0v) is 19.5. The smallest absolute Gasteiger partial charge is 0.246 e. The molecule has 2 aromatic heterocycles. The van der Waals surface area contributed by atoms with E-state index in [4.69, 9.17) is 4.98 Å². The molecular weight excluding hydrogens is 436 g/mol. The third kappa shape index (κ3) is 4.41. The number of benzene rings is 1. The second-order valence-corrected chi connectivity index (χ2v) is 9.99. The van der Waals surface area contributed by atoms with E-state index in [1.165, 1.54) is 12.1 Å². The molecule has 34 heavy (non-hydrogen) atoms. The maximum absolute atomic E-state index is 14.5. The lowest BCUT2D eigenvalue weighted by Crippen LogP contribution is -2.40. The Morgan fingerprint density at radius 3 is 2.74 bits per heavy atom. The molecule has 0 aliphatic carbocycles. The molecule has 2 saturated heterocycles. The molecule has 0 N–H and O–H groups in total. The molecule has 2 fully saturated rings. The number of aromatic nitrogens is 3. The Hall–Kier alpha value is -3.29. The topological polar surface area (TPSA) is 53.7 Å². The molecule has 0 spiro atoms.